The maximum atomic E-state index is 12.3. The normalized spacial score (nSPS) is 17.3. The van der Waals surface area contributed by atoms with Gasteiger partial charge in [-0.3, -0.25) is 19.3 Å². The lowest BCUT2D eigenvalue weighted by Crippen LogP contribution is -2.57. The van der Waals surface area contributed by atoms with Crippen molar-refractivity contribution in [2.45, 2.75) is 25.8 Å². The molecule has 1 aliphatic heterocycles. The van der Waals surface area contributed by atoms with E-state index in [0.717, 1.165) is 6.42 Å². The van der Waals surface area contributed by atoms with E-state index in [1.54, 1.807) is 36.3 Å². The number of benzene rings is 1. The van der Waals surface area contributed by atoms with Crippen LogP contribution >= 0.6 is 0 Å². The van der Waals surface area contributed by atoms with E-state index in [9.17, 15) is 14.4 Å². The summed E-state index contributed by atoms with van der Waals surface area (Å²) in [4.78, 5) is 38.0. The lowest BCUT2D eigenvalue weighted by Gasteiger charge is -2.33. The van der Waals surface area contributed by atoms with Crippen molar-refractivity contribution < 1.29 is 23.9 Å². The van der Waals surface area contributed by atoms with Crippen molar-refractivity contribution in [2.75, 3.05) is 38.7 Å². The Morgan fingerprint density at radius 2 is 2.19 bits per heavy atom. The zero-order valence-corrected chi connectivity index (χ0v) is 15.1. The molecule has 1 heterocycles. The molecule has 1 aromatic carbocycles. The summed E-state index contributed by atoms with van der Waals surface area (Å²) in [6.07, 6.45) is 0.646. The third-order valence-electron chi connectivity index (χ3n) is 3.97. The molecule has 2 rings (SSSR count). The molecule has 0 saturated carbocycles. The number of carbonyl (C=O) groups is 3. The molecule has 26 heavy (non-hydrogen) atoms. The van der Waals surface area contributed by atoms with Gasteiger partial charge in [-0.15, -0.1) is 0 Å². The third-order valence-corrected chi connectivity index (χ3v) is 3.97. The second-order valence-electron chi connectivity index (χ2n) is 5.98. The summed E-state index contributed by atoms with van der Waals surface area (Å²) < 4.78 is 10.2. The highest BCUT2D eigenvalue weighted by molar-refractivity contribution is 5.93. The first-order valence-electron chi connectivity index (χ1n) is 8.64. The fourth-order valence-corrected chi connectivity index (χ4v) is 2.69. The molecule has 0 radical (unpaired) electrons. The van der Waals surface area contributed by atoms with Crippen molar-refractivity contribution >= 4 is 23.5 Å². The first kappa shape index (κ1) is 19.7. The number of hydrogen-bond donors (Lipinski definition) is 2. The molecule has 1 atom stereocenters. The molecule has 8 heteroatoms. The van der Waals surface area contributed by atoms with E-state index >= 15 is 0 Å². The van der Waals surface area contributed by atoms with Crippen LogP contribution < -0.4 is 15.4 Å². The largest absolute Gasteiger partial charge is 0.497 e. The third kappa shape index (κ3) is 5.73. The van der Waals surface area contributed by atoms with Gasteiger partial charge >= 0.3 is 5.97 Å². The van der Waals surface area contributed by atoms with Crippen LogP contribution in [0.15, 0.2) is 24.3 Å². The van der Waals surface area contributed by atoms with Crippen molar-refractivity contribution in [1.29, 1.82) is 0 Å². The van der Waals surface area contributed by atoms with E-state index in [2.05, 4.69) is 10.6 Å². The van der Waals surface area contributed by atoms with Gasteiger partial charge in [0.2, 0.25) is 11.8 Å². The van der Waals surface area contributed by atoms with Gasteiger partial charge in [-0.2, -0.15) is 0 Å². The maximum absolute atomic E-state index is 12.3. The zero-order chi connectivity index (χ0) is 18.9. The number of rotatable bonds is 8. The fourth-order valence-electron chi connectivity index (χ4n) is 2.69. The van der Waals surface area contributed by atoms with Crippen molar-refractivity contribution in [3.05, 3.63) is 24.3 Å². The highest BCUT2D eigenvalue weighted by Crippen LogP contribution is 2.17. The summed E-state index contributed by atoms with van der Waals surface area (Å²) in [5.74, 6) is -0.331. The molecule has 1 aromatic rings. The Morgan fingerprint density at radius 1 is 1.38 bits per heavy atom. The minimum absolute atomic E-state index is 0.0103. The Kier molecular flexibility index (Phi) is 7.40. The molecular formula is C18H25N3O5. The van der Waals surface area contributed by atoms with Crippen molar-refractivity contribution in [3.8, 4) is 5.75 Å². The van der Waals surface area contributed by atoms with E-state index in [4.69, 9.17) is 9.47 Å². The number of amides is 2. The Hall–Kier alpha value is -2.61. The monoisotopic (exact) mass is 363 g/mol. The van der Waals surface area contributed by atoms with Gasteiger partial charge in [0.1, 0.15) is 11.8 Å². The smallest absolute Gasteiger partial charge is 0.307 e. The van der Waals surface area contributed by atoms with E-state index < -0.39 is 12.0 Å². The summed E-state index contributed by atoms with van der Waals surface area (Å²) in [6, 6.07) is 6.31. The van der Waals surface area contributed by atoms with Gasteiger partial charge < -0.3 is 20.1 Å². The van der Waals surface area contributed by atoms with Gasteiger partial charge in [0.05, 0.1) is 26.7 Å². The second-order valence-corrected chi connectivity index (χ2v) is 5.98. The maximum Gasteiger partial charge on any atom is 0.307 e. The van der Waals surface area contributed by atoms with Crippen molar-refractivity contribution in [1.82, 2.24) is 10.2 Å². The first-order valence-corrected chi connectivity index (χ1v) is 8.64. The Morgan fingerprint density at radius 3 is 2.92 bits per heavy atom. The van der Waals surface area contributed by atoms with E-state index in [-0.39, 0.29) is 24.8 Å². The Labute approximate surface area is 152 Å². The van der Waals surface area contributed by atoms with Crippen LogP contribution in [0.25, 0.3) is 0 Å². The van der Waals surface area contributed by atoms with E-state index in [1.807, 2.05) is 6.92 Å². The number of carbonyl (C=O) groups excluding carboxylic acids is 3. The highest BCUT2D eigenvalue weighted by Gasteiger charge is 2.33. The molecule has 8 nitrogen and oxygen atoms in total. The molecule has 1 aliphatic rings. The average molecular weight is 363 g/mol. The average Bonchev–Trinajstić information content (AvgIpc) is 2.63. The van der Waals surface area contributed by atoms with Crippen LogP contribution in [0.1, 0.15) is 19.8 Å². The van der Waals surface area contributed by atoms with Gasteiger partial charge in [-0.25, -0.2) is 0 Å². The number of piperazine rings is 1. The Bertz CT molecular complexity index is 649. The summed E-state index contributed by atoms with van der Waals surface area (Å²) in [5.41, 5.74) is 0.606. The van der Waals surface area contributed by atoms with Crippen LogP contribution in [-0.2, 0) is 19.1 Å². The molecule has 1 saturated heterocycles. The minimum Gasteiger partial charge on any atom is -0.497 e. The minimum atomic E-state index is -0.704. The summed E-state index contributed by atoms with van der Waals surface area (Å²) in [5, 5.41) is 5.50. The van der Waals surface area contributed by atoms with Gasteiger partial charge in [-0.05, 0) is 18.6 Å². The lowest BCUT2D eigenvalue weighted by atomic mass is 10.1. The second kappa shape index (κ2) is 9.76. The van der Waals surface area contributed by atoms with Crippen LogP contribution in [0.5, 0.6) is 5.75 Å². The van der Waals surface area contributed by atoms with Crippen LogP contribution in [0.2, 0.25) is 0 Å². The molecule has 0 aromatic heterocycles. The zero-order valence-electron chi connectivity index (χ0n) is 15.1. The first-order chi connectivity index (χ1) is 12.5. The molecule has 0 aliphatic carbocycles. The number of nitrogens with one attached hydrogen (secondary N) is 2. The number of esters is 1. The number of ether oxygens (including phenoxy) is 2. The van der Waals surface area contributed by atoms with Gasteiger partial charge in [0, 0.05) is 24.8 Å². The number of anilines is 1. The van der Waals surface area contributed by atoms with E-state index in [1.165, 1.54) is 0 Å². The van der Waals surface area contributed by atoms with Crippen LogP contribution in [-0.4, -0.2) is 62.1 Å². The predicted molar refractivity (Wildman–Crippen MR) is 95.9 cm³/mol. The van der Waals surface area contributed by atoms with Crippen LogP contribution in [0.4, 0.5) is 5.69 Å². The topological polar surface area (TPSA) is 97.0 Å². The molecule has 2 N–H and O–H groups in total. The summed E-state index contributed by atoms with van der Waals surface area (Å²) in [7, 11) is 1.55. The van der Waals surface area contributed by atoms with E-state index in [0.29, 0.717) is 31.1 Å². The molecular weight excluding hydrogens is 338 g/mol. The number of methoxy groups -OCH3 is 1. The van der Waals surface area contributed by atoms with Crippen molar-refractivity contribution in [3.63, 3.8) is 0 Å². The van der Waals surface area contributed by atoms with Gasteiger partial charge in [0.15, 0.2) is 0 Å². The SMILES string of the molecule is CCCOC(=O)CC1C(=O)NCCN1CC(=O)Nc1cccc(OC)c1. The van der Waals surface area contributed by atoms with Crippen LogP contribution in [0, 0.1) is 0 Å². The van der Waals surface area contributed by atoms with Gasteiger partial charge in [0.25, 0.3) is 0 Å². The fraction of sp³-hybridized carbons (Fsp3) is 0.500. The predicted octanol–water partition coefficient (Wildman–Crippen LogP) is 0.777. The number of nitrogens with zero attached hydrogens (tertiary/aromatic N) is 1. The quantitative estimate of drug-likeness (QED) is 0.663. The highest BCUT2D eigenvalue weighted by atomic mass is 16.5. The molecule has 0 spiro atoms. The standard InChI is InChI=1S/C18H25N3O5/c1-3-9-26-17(23)11-15-18(24)19-7-8-21(15)12-16(22)20-13-5-4-6-14(10-13)25-2/h4-6,10,15H,3,7-9,11-12H2,1-2H3,(H,19,24)(H,20,22). The summed E-state index contributed by atoms with van der Waals surface area (Å²) >= 11 is 0. The molecule has 2 amide bonds. The molecule has 0 bridgehead atoms. The lowest BCUT2D eigenvalue weighted by molar-refractivity contribution is -0.148. The number of hydrogen-bond acceptors (Lipinski definition) is 6. The summed E-state index contributed by atoms with van der Waals surface area (Å²) in [6.45, 7) is 3.16. The van der Waals surface area contributed by atoms with Gasteiger partial charge in [-0.1, -0.05) is 13.0 Å². The molecule has 142 valence electrons. The van der Waals surface area contributed by atoms with Crippen LogP contribution in [0.3, 0.4) is 0 Å². The molecule has 1 unspecified atom stereocenters. The molecule has 1 fully saturated rings. The Balaban J connectivity index is 1.96. The van der Waals surface area contributed by atoms with Crippen molar-refractivity contribution in [2.24, 2.45) is 0 Å².